The van der Waals surface area contributed by atoms with E-state index in [0.29, 0.717) is 42.6 Å². The number of carbonyl (C=O) groups is 1. The van der Waals surface area contributed by atoms with Gasteiger partial charge in [0.2, 0.25) is 0 Å². The van der Waals surface area contributed by atoms with Gasteiger partial charge in [0, 0.05) is 42.1 Å². The van der Waals surface area contributed by atoms with Crippen molar-refractivity contribution >= 4 is 34.1 Å². The van der Waals surface area contributed by atoms with Crippen LogP contribution in [0.5, 0.6) is 0 Å². The SMILES string of the molecule is Cc1c(C(=O)N2CCN(c3ccccc3F)CC2)[nH]c2cc(Cl)ccc12. The third kappa shape index (κ3) is 2.92. The van der Waals surface area contributed by atoms with Gasteiger partial charge in [-0.2, -0.15) is 0 Å². The first kappa shape index (κ1) is 16.9. The van der Waals surface area contributed by atoms with Gasteiger partial charge < -0.3 is 14.8 Å². The lowest BCUT2D eigenvalue weighted by Gasteiger charge is -2.36. The van der Waals surface area contributed by atoms with Gasteiger partial charge in [0.1, 0.15) is 11.5 Å². The van der Waals surface area contributed by atoms with Gasteiger partial charge in [-0.3, -0.25) is 4.79 Å². The number of aryl methyl sites for hydroxylation is 1. The van der Waals surface area contributed by atoms with E-state index in [1.54, 1.807) is 12.1 Å². The molecule has 4 nitrogen and oxygen atoms in total. The Morgan fingerprint density at radius 2 is 1.85 bits per heavy atom. The van der Waals surface area contributed by atoms with Crippen molar-refractivity contribution in [3.63, 3.8) is 0 Å². The number of amides is 1. The number of H-pyrrole nitrogens is 1. The molecule has 1 aliphatic rings. The van der Waals surface area contributed by atoms with Crippen LogP contribution in [0.1, 0.15) is 16.1 Å². The number of halogens is 2. The summed E-state index contributed by atoms with van der Waals surface area (Å²) in [6.07, 6.45) is 0. The van der Waals surface area contributed by atoms with Crippen LogP contribution in [0.15, 0.2) is 42.5 Å². The van der Waals surface area contributed by atoms with E-state index < -0.39 is 0 Å². The highest BCUT2D eigenvalue weighted by Crippen LogP contribution is 2.26. The molecule has 2 aromatic carbocycles. The average molecular weight is 372 g/mol. The standard InChI is InChI=1S/C20H19ClFN3O/c1-13-15-7-6-14(21)12-17(15)23-19(13)20(26)25-10-8-24(9-11-25)18-5-3-2-4-16(18)22/h2-7,12,23H,8-11H2,1H3. The van der Waals surface area contributed by atoms with Gasteiger partial charge in [-0.25, -0.2) is 4.39 Å². The lowest BCUT2D eigenvalue weighted by molar-refractivity contribution is 0.0741. The van der Waals surface area contributed by atoms with Crippen LogP contribution in [0, 0.1) is 12.7 Å². The van der Waals surface area contributed by atoms with Crippen LogP contribution in [0.4, 0.5) is 10.1 Å². The Morgan fingerprint density at radius 1 is 1.12 bits per heavy atom. The van der Waals surface area contributed by atoms with Crippen molar-refractivity contribution in [2.24, 2.45) is 0 Å². The zero-order chi connectivity index (χ0) is 18.3. The number of nitrogens with one attached hydrogen (secondary N) is 1. The van der Waals surface area contributed by atoms with E-state index in [2.05, 4.69) is 4.98 Å². The highest BCUT2D eigenvalue weighted by molar-refractivity contribution is 6.31. The van der Waals surface area contributed by atoms with Crippen molar-refractivity contribution < 1.29 is 9.18 Å². The van der Waals surface area contributed by atoms with Gasteiger partial charge in [0.15, 0.2) is 0 Å². The summed E-state index contributed by atoms with van der Waals surface area (Å²) in [5, 5.41) is 1.64. The summed E-state index contributed by atoms with van der Waals surface area (Å²) in [4.78, 5) is 20.0. The predicted molar refractivity (Wildman–Crippen MR) is 103 cm³/mol. The first-order valence-corrected chi connectivity index (χ1v) is 8.99. The number of carbonyl (C=O) groups excluding carboxylic acids is 1. The van der Waals surface area contributed by atoms with Crippen LogP contribution in [0.3, 0.4) is 0 Å². The number of hydrogen-bond donors (Lipinski definition) is 1. The molecule has 1 fully saturated rings. The van der Waals surface area contributed by atoms with E-state index in [1.807, 2.05) is 41.0 Å². The number of hydrogen-bond acceptors (Lipinski definition) is 2. The highest BCUT2D eigenvalue weighted by atomic mass is 35.5. The molecule has 1 aliphatic heterocycles. The number of rotatable bonds is 2. The van der Waals surface area contributed by atoms with Crippen molar-refractivity contribution in [2.75, 3.05) is 31.1 Å². The molecule has 0 spiro atoms. The van der Waals surface area contributed by atoms with Crippen molar-refractivity contribution in [1.82, 2.24) is 9.88 Å². The Kier molecular flexibility index (Phi) is 4.32. The fraction of sp³-hybridized carbons (Fsp3) is 0.250. The number of anilines is 1. The van der Waals surface area contributed by atoms with E-state index >= 15 is 0 Å². The molecule has 1 aromatic heterocycles. The largest absolute Gasteiger partial charge is 0.366 e. The number of aromatic nitrogens is 1. The Labute approximate surface area is 156 Å². The number of piperazine rings is 1. The minimum Gasteiger partial charge on any atom is -0.366 e. The van der Waals surface area contributed by atoms with Gasteiger partial charge in [-0.15, -0.1) is 0 Å². The summed E-state index contributed by atoms with van der Waals surface area (Å²) in [7, 11) is 0. The maximum atomic E-state index is 14.0. The molecule has 0 bridgehead atoms. The second kappa shape index (κ2) is 6.65. The minimum absolute atomic E-state index is 0.0250. The molecule has 4 rings (SSSR count). The van der Waals surface area contributed by atoms with E-state index in [-0.39, 0.29) is 11.7 Å². The van der Waals surface area contributed by atoms with Crippen molar-refractivity contribution in [3.8, 4) is 0 Å². The van der Waals surface area contributed by atoms with Crippen LogP contribution in [-0.4, -0.2) is 42.0 Å². The van der Waals surface area contributed by atoms with Crippen molar-refractivity contribution in [3.05, 3.63) is 64.6 Å². The highest BCUT2D eigenvalue weighted by Gasteiger charge is 2.26. The molecular weight excluding hydrogens is 353 g/mol. The molecular formula is C20H19ClFN3O. The molecule has 1 N–H and O–H groups in total. The molecule has 1 amide bonds. The van der Waals surface area contributed by atoms with Crippen LogP contribution < -0.4 is 4.90 Å². The Bertz CT molecular complexity index is 976. The summed E-state index contributed by atoms with van der Waals surface area (Å²) < 4.78 is 14.0. The Balaban J connectivity index is 1.52. The monoisotopic (exact) mass is 371 g/mol. The molecule has 3 aromatic rings. The molecule has 1 saturated heterocycles. The summed E-state index contributed by atoms with van der Waals surface area (Å²) in [5.41, 5.74) is 2.99. The molecule has 0 aliphatic carbocycles. The number of nitrogens with zero attached hydrogens (tertiary/aromatic N) is 2. The van der Waals surface area contributed by atoms with Gasteiger partial charge >= 0.3 is 0 Å². The van der Waals surface area contributed by atoms with Crippen LogP contribution in [-0.2, 0) is 0 Å². The summed E-state index contributed by atoms with van der Waals surface area (Å²) >= 11 is 6.04. The maximum absolute atomic E-state index is 14.0. The molecule has 0 saturated carbocycles. The smallest absolute Gasteiger partial charge is 0.270 e. The van der Waals surface area contributed by atoms with Crippen molar-refractivity contribution in [2.45, 2.75) is 6.92 Å². The predicted octanol–water partition coefficient (Wildman–Crippen LogP) is 4.23. The first-order valence-electron chi connectivity index (χ1n) is 8.61. The fourth-order valence-electron chi connectivity index (χ4n) is 3.54. The summed E-state index contributed by atoms with van der Waals surface area (Å²) in [6, 6.07) is 12.3. The molecule has 0 atom stereocenters. The zero-order valence-corrected chi connectivity index (χ0v) is 15.2. The summed E-state index contributed by atoms with van der Waals surface area (Å²) in [5.74, 6) is -0.251. The Hall–Kier alpha value is -2.53. The van der Waals surface area contributed by atoms with Gasteiger partial charge in [0.05, 0.1) is 5.69 Å². The molecule has 0 unspecified atom stereocenters. The third-order valence-electron chi connectivity index (χ3n) is 4.99. The first-order chi connectivity index (χ1) is 12.5. The Morgan fingerprint density at radius 3 is 2.58 bits per heavy atom. The molecule has 0 radical (unpaired) electrons. The number of benzene rings is 2. The fourth-order valence-corrected chi connectivity index (χ4v) is 3.71. The van der Waals surface area contributed by atoms with E-state index in [1.165, 1.54) is 6.07 Å². The van der Waals surface area contributed by atoms with E-state index in [4.69, 9.17) is 11.6 Å². The van der Waals surface area contributed by atoms with Gasteiger partial charge in [-0.05, 0) is 36.8 Å². The topological polar surface area (TPSA) is 39.3 Å². The van der Waals surface area contributed by atoms with E-state index in [9.17, 15) is 9.18 Å². The quantitative estimate of drug-likeness (QED) is 0.732. The van der Waals surface area contributed by atoms with E-state index in [0.717, 1.165) is 16.5 Å². The van der Waals surface area contributed by atoms with Gasteiger partial charge in [0.25, 0.3) is 5.91 Å². The second-order valence-electron chi connectivity index (χ2n) is 6.55. The molecule has 6 heteroatoms. The number of aromatic amines is 1. The molecule has 134 valence electrons. The minimum atomic E-state index is -0.226. The maximum Gasteiger partial charge on any atom is 0.270 e. The molecule has 26 heavy (non-hydrogen) atoms. The van der Waals surface area contributed by atoms with Crippen LogP contribution in [0.2, 0.25) is 5.02 Å². The normalized spacial score (nSPS) is 14.9. The number of fused-ring (bicyclic) bond motifs is 1. The third-order valence-corrected chi connectivity index (χ3v) is 5.23. The second-order valence-corrected chi connectivity index (χ2v) is 6.98. The lowest BCUT2D eigenvalue weighted by Crippen LogP contribution is -2.49. The average Bonchev–Trinajstić information content (AvgIpc) is 2.97. The zero-order valence-electron chi connectivity index (χ0n) is 14.4. The van der Waals surface area contributed by atoms with Crippen LogP contribution >= 0.6 is 11.6 Å². The van der Waals surface area contributed by atoms with Crippen LogP contribution in [0.25, 0.3) is 10.9 Å². The molecule has 2 heterocycles. The number of para-hydroxylation sites is 1. The lowest BCUT2D eigenvalue weighted by atomic mass is 10.1. The van der Waals surface area contributed by atoms with Gasteiger partial charge in [-0.1, -0.05) is 29.8 Å². The van der Waals surface area contributed by atoms with Crippen molar-refractivity contribution in [1.29, 1.82) is 0 Å². The summed E-state index contributed by atoms with van der Waals surface area (Å²) in [6.45, 7) is 4.27.